The molecule has 14 rings (SSSR count). The van der Waals surface area contributed by atoms with E-state index >= 15 is 0 Å². The highest BCUT2D eigenvalue weighted by molar-refractivity contribution is 6.15. The zero-order chi connectivity index (χ0) is 41.9. The van der Waals surface area contributed by atoms with Gasteiger partial charge in [0.2, 0.25) is 0 Å². The van der Waals surface area contributed by atoms with Crippen LogP contribution in [0.1, 0.15) is 0 Å². The van der Waals surface area contributed by atoms with Gasteiger partial charge in [0.1, 0.15) is 0 Å². The van der Waals surface area contributed by atoms with Gasteiger partial charge in [-0.15, -0.1) is 0 Å². The molecule has 3 heterocycles. The molecule has 0 fully saturated rings. The lowest BCUT2D eigenvalue weighted by Gasteiger charge is -2.10. The number of fused-ring (bicyclic) bond motifs is 10. The van der Waals surface area contributed by atoms with E-state index in [1.165, 1.54) is 93.6 Å². The van der Waals surface area contributed by atoms with Gasteiger partial charge in [0, 0.05) is 49.4 Å². The smallest absolute Gasteiger partial charge is 0.160 e. The van der Waals surface area contributed by atoms with Crippen LogP contribution in [0.4, 0.5) is 0 Å². The Kier molecular flexibility index (Phi) is 7.36. The Morgan fingerprint density at radius 2 is 0.812 bits per heavy atom. The molecule has 64 heavy (non-hydrogen) atoms. The van der Waals surface area contributed by atoms with Crippen LogP contribution in [0.2, 0.25) is 0 Å². The quantitative estimate of drug-likeness (QED) is 0.174. The van der Waals surface area contributed by atoms with Crippen LogP contribution in [0.15, 0.2) is 218 Å². The van der Waals surface area contributed by atoms with Gasteiger partial charge in [-0.2, -0.15) is 0 Å². The molecule has 13 aromatic rings. The highest BCUT2D eigenvalue weighted by atomic mass is 15.0. The van der Waals surface area contributed by atoms with Crippen molar-refractivity contribution in [3.05, 3.63) is 218 Å². The number of hydrogen-bond donors (Lipinski definition) is 0. The van der Waals surface area contributed by atoms with Crippen molar-refractivity contribution in [3.8, 4) is 67.4 Å². The second-order valence-electron chi connectivity index (χ2n) is 17.0. The van der Waals surface area contributed by atoms with Crippen molar-refractivity contribution in [2.24, 2.45) is 0 Å². The fourth-order valence-electron chi connectivity index (χ4n) is 10.5. The molecular formula is C60H36N4. The molecule has 0 saturated heterocycles. The van der Waals surface area contributed by atoms with Crippen LogP contribution in [0.5, 0.6) is 0 Å². The lowest BCUT2D eigenvalue weighted by molar-refractivity contribution is 1.18. The molecule has 0 aliphatic heterocycles. The van der Waals surface area contributed by atoms with Crippen molar-refractivity contribution in [3.63, 3.8) is 0 Å². The van der Waals surface area contributed by atoms with Gasteiger partial charge < -0.3 is 9.13 Å². The van der Waals surface area contributed by atoms with Gasteiger partial charge in [0.25, 0.3) is 0 Å². The second kappa shape index (κ2) is 13.4. The van der Waals surface area contributed by atoms with Gasteiger partial charge in [0.15, 0.2) is 5.82 Å². The van der Waals surface area contributed by atoms with Crippen LogP contribution in [-0.4, -0.2) is 19.1 Å². The van der Waals surface area contributed by atoms with E-state index in [0.717, 1.165) is 39.1 Å². The maximum absolute atomic E-state index is 5.18. The molecule has 4 nitrogen and oxygen atoms in total. The standard InChI is InChI=1S/C60H36N4/c1-3-12-44(13-4-1)63-54-21-10-9-17-47(54)51-34-40(27-30-55(51)63)41-28-31-56-52(35-41)48-29-26-42(36-57(48)64(56)45-14-5-2-6-15-45)38-22-23-39-33-43(25-24-37(39)32-38)60-61-53-20-11-19-49-46-16-7-8-18-50(46)59(62-60)58(49)53/h1-36H. The minimum atomic E-state index is 0.751. The van der Waals surface area contributed by atoms with E-state index in [0.29, 0.717) is 0 Å². The maximum atomic E-state index is 5.18. The number of nitrogens with zero attached hydrogens (tertiary/aromatic N) is 4. The third-order valence-corrected chi connectivity index (χ3v) is 13.4. The molecule has 0 unspecified atom stereocenters. The Balaban J connectivity index is 0.867. The molecule has 0 spiro atoms. The monoisotopic (exact) mass is 812 g/mol. The predicted molar refractivity (Wildman–Crippen MR) is 266 cm³/mol. The first kappa shape index (κ1) is 35.0. The van der Waals surface area contributed by atoms with E-state index in [-0.39, 0.29) is 0 Å². The summed E-state index contributed by atoms with van der Waals surface area (Å²) in [4.78, 5) is 10.3. The number of hydrogen-bond acceptors (Lipinski definition) is 2. The molecule has 1 aliphatic carbocycles. The van der Waals surface area contributed by atoms with Crippen LogP contribution in [0.25, 0.3) is 133 Å². The van der Waals surface area contributed by atoms with E-state index in [9.17, 15) is 0 Å². The fourth-order valence-corrected chi connectivity index (χ4v) is 10.5. The Hall–Kier alpha value is -8.60. The summed E-state index contributed by atoms with van der Waals surface area (Å²) < 4.78 is 4.79. The summed E-state index contributed by atoms with van der Waals surface area (Å²) in [5.41, 5.74) is 18.5. The summed E-state index contributed by atoms with van der Waals surface area (Å²) in [6, 6.07) is 79.3. The Morgan fingerprint density at radius 1 is 0.297 bits per heavy atom. The van der Waals surface area contributed by atoms with Crippen molar-refractivity contribution in [1.82, 2.24) is 19.1 Å². The first-order valence-corrected chi connectivity index (χ1v) is 21.9. The van der Waals surface area contributed by atoms with Crippen molar-refractivity contribution < 1.29 is 0 Å². The van der Waals surface area contributed by atoms with Gasteiger partial charge in [-0.3, -0.25) is 0 Å². The lowest BCUT2D eigenvalue weighted by atomic mass is 9.98. The van der Waals surface area contributed by atoms with Gasteiger partial charge in [-0.05, 0) is 123 Å². The van der Waals surface area contributed by atoms with Gasteiger partial charge in [-0.1, -0.05) is 140 Å². The van der Waals surface area contributed by atoms with Crippen LogP contribution >= 0.6 is 0 Å². The first-order valence-electron chi connectivity index (χ1n) is 21.9. The van der Waals surface area contributed by atoms with Gasteiger partial charge in [0.05, 0.1) is 33.3 Å². The van der Waals surface area contributed by atoms with Gasteiger partial charge in [-0.25, -0.2) is 9.97 Å². The third-order valence-electron chi connectivity index (χ3n) is 13.4. The van der Waals surface area contributed by atoms with E-state index in [4.69, 9.17) is 9.97 Å². The SMILES string of the molecule is c1ccc(-n2c3ccccc3c3cc(-c4ccc5c(c4)c4ccc(-c6ccc7cc(-c8nc9c%10c(cccc%10n8)-c8ccccc8-9)ccc7c6)cc4n5-c4ccccc4)ccc32)cc1. The number of para-hydroxylation sites is 3. The minimum absolute atomic E-state index is 0.751. The third kappa shape index (κ3) is 5.17. The molecule has 0 bridgehead atoms. The molecule has 0 radical (unpaired) electrons. The maximum Gasteiger partial charge on any atom is 0.160 e. The highest BCUT2D eigenvalue weighted by Gasteiger charge is 2.24. The van der Waals surface area contributed by atoms with Crippen molar-refractivity contribution in [2.45, 2.75) is 0 Å². The predicted octanol–water partition coefficient (Wildman–Crippen LogP) is 15.6. The number of rotatable bonds is 5. The summed E-state index contributed by atoms with van der Waals surface area (Å²) in [5.74, 6) is 0.751. The summed E-state index contributed by atoms with van der Waals surface area (Å²) in [6.45, 7) is 0. The van der Waals surface area contributed by atoms with Crippen molar-refractivity contribution in [2.75, 3.05) is 0 Å². The molecule has 0 atom stereocenters. The minimum Gasteiger partial charge on any atom is -0.309 e. The lowest BCUT2D eigenvalue weighted by Crippen LogP contribution is -1.94. The second-order valence-corrected chi connectivity index (χ2v) is 17.0. The van der Waals surface area contributed by atoms with Gasteiger partial charge >= 0.3 is 0 Å². The Bertz CT molecular complexity index is 4060. The Labute approximate surface area is 368 Å². The van der Waals surface area contributed by atoms with Crippen LogP contribution < -0.4 is 0 Å². The summed E-state index contributed by atoms with van der Waals surface area (Å²) in [7, 11) is 0. The van der Waals surface area contributed by atoms with Crippen molar-refractivity contribution >= 4 is 65.3 Å². The number of benzene rings is 10. The molecule has 0 N–H and O–H groups in total. The first-order chi connectivity index (χ1) is 31.7. The summed E-state index contributed by atoms with van der Waals surface area (Å²) in [5, 5.41) is 8.44. The fraction of sp³-hybridized carbons (Fsp3) is 0. The molecule has 0 amide bonds. The van der Waals surface area contributed by atoms with Crippen molar-refractivity contribution in [1.29, 1.82) is 0 Å². The van der Waals surface area contributed by atoms with Crippen LogP contribution in [-0.2, 0) is 0 Å². The molecule has 1 aliphatic rings. The Morgan fingerprint density at radius 3 is 1.55 bits per heavy atom. The average molecular weight is 813 g/mol. The molecule has 296 valence electrons. The summed E-state index contributed by atoms with van der Waals surface area (Å²) in [6.07, 6.45) is 0. The van der Waals surface area contributed by atoms with E-state index < -0.39 is 0 Å². The molecular weight excluding hydrogens is 777 g/mol. The van der Waals surface area contributed by atoms with E-state index in [1.807, 2.05) is 0 Å². The summed E-state index contributed by atoms with van der Waals surface area (Å²) >= 11 is 0. The molecule has 0 saturated carbocycles. The molecule has 3 aromatic heterocycles. The topological polar surface area (TPSA) is 35.6 Å². The van der Waals surface area contributed by atoms with E-state index in [1.54, 1.807) is 0 Å². The zero-order valence-electron chi connectivity index (χ0n) is 34.6. The van der Waals surface area contributed by atoms with Crippen LogP contribution in [0, 0.1) is 0 Å². The van der Waals surface area contributed by atoms with E-state index in [2.05, 4.69) is 228 Å². The largest absolute Gasteiger partial charge is 0.309 e. The zero-order valence-corrected chi connectivity index (χ0v) is 34.6. The number of aromatic nitrogens is 4. The normalized spacial score (nSPS) is 12.1. The molecule has 4 heteroatoms. The average Bonchev–Trinajstić information content (AvgIpc) is 3.99. The molecule has 10 aromatic carbocycles. The van der Waals surface area contributed by atoms with Crippen LogP contribution in [0.3, 0.4) is 0 Å². The highest BCUT2D eigenvalue weighted by Crippen LogP contribution is 2.46.